The normalized spacial score (nSPS) is 15.1. The molecule has 0 atom stereocenters. The van der Waals surface area contributed by atoms with Crippen LogP contribution in [0.15, 0.2) is 67.3 Å². The van der Waals surface area contributed by atoms with Gasteiger partial charge in [0, 0.05) is 18.8 Å². The molecule has 0 bridgehead atoms. The summed E-state index contributed by atoms with van der Waals surface area (Å²) in [6, 6.07) is 17.6. The second kappa shape index (κ2) is 6.65. The number of hydrogen-bond acceptors (Lipinski definition) is 1. The fourth-order valence-electron chi connectivity index (χ4n) is 3.04. The van der Waals surface area contributed by atoms with Gasteiger partial charge in [-0.25, -0.2) is 0 Å². The van der Waals surface area contributed by atoms with Gasteiger partial charge >= 0.3 is 0 Å². The molecular weight excluding hydrogens is 266 g/mol. The third-order valence-corrected chi connectivity index (χ3v) is 4.30. The Labute approximate surface area is 133 Å². The summed E-state index contributed by atoms with van der Waals surface area (Å²) in [6.45, 7) is 8.36. The van der Waals surface area contributed by atoms with Crippen LogP contribution in [-0.2, 0) is 0 Å². The highest BCUT2D eigenvalue weighted by molar-refractivity contribution is 5.81. The Kier molecular flexibility index (Phi) is 4.43. The largest absolute Gasteiger partial charge is 0.372 e. The number of anilines is 1. The zero-order valence-electron chi connectivity index (χ0n) is 13.3. The van der Waals surface area contributed by atoms with Crippen molar-refractivity contribution in [2.75, 3.05) is 18.0 Å². The molecule has 0 spiro atoms. The van der Waals surface area contributed by atoms with Crippen molar-refractivity contribution in [3.05, 3.63) is 84.0 Å². The smallest absolute Gasteiger partial charge is 0.0366 e. The van der Waals surface area contributed by atoms with Crippen LogP contribution in [0.25, 0.3) is 5.57 Å². The Hall–Kier alpha value is -2.28. The molecule has 1 fully saturated rings. The Morgan fingerprint density at radius 1 is 0.909 bits per heavy atom. The fourth-order valence-corrected chi connectivity index (χ4v) is 3.04. The zero-order valence-corrected chi connectivity index (χ0v) is 13.3. The first-order chi connectivity index (χ1) is 10.8. The van der Waals surface area contributed by atoms with Crippen molar-refractivity contribution in [1.82, 2.24) is 0 Å². The van der Waals surface area contributed by atoms with E-state index in [2.05, 4.69) is 73.0 Å². The van der Waals surface area contributed by atoms with Crippen molar-refractivity contribution >= 4 is 11.3 Å². The average Bonchev–Trinajstić information content (AvgIpc) is 3.08. The minimum atomic E-state index is 1.19. The zero-order chi connectivity index (χ0) is 15.4. The van der Waals surface area contributed by atoms with Crippen LogP contribution in [0.3, 0.4) is 0 Å². The molecule has 1 aliphatic rings. The first-order valence-electron chi connectivity index (χ1n) is 8.03. The van der Waals surface area contributed by atoms with Crippen LogP contribution >= 0.6 is 0 Å². The van der Waals surface area contributed by atoms with E-state index in [1.165, 1.54) is 53.9 Å². The SMILES string of the molecule is C=CC=C(c1ccc(C)cc1)c1ccc(N2CCCC2)cc1. The lowest BCUT2D eigenvalue weighted by Gasteiger charge is -2.18. The monoisotopic (exact) mass is 289 g/mol. The van der Waals surface area contributed by atoms with Crippen LogP contribution in [0, 0.1) is 6.92 Å². The lowest BCUT2D eigenvalue weighted by Crippen LogP contribution is -2.17. The maximum Gasteiger partial charge on any atom is 0.0366 e. The summed E-state index contributed by atoms with van der Waals surface area (Å²) in [5.74, 6) is 0. The molecule has 112 valence electrons. The molecule has 1 nitrogen and oxygen atoms in total. The standard InChI is InChI=1S/C21H23N/c1-3-6-21(18-9-7-17(2)8-10-18)19-11-13-20(14-12-19)22-15-4-5-16-22/h3,6-14H,1,4-5,15-16H2,2H3. The van der Waals surface area contributed by atoms with Gasteiger partial charge in [-0.05, 0) is 48.6 Å². The molecule has 0 saturated carbocycles. The first-order valence-corrected chi connectivity index (χ1v) is 8.03. The van der Waals surface area contributed by atoms with Gasteiger partial charge in [0.2, 0.25) is 0 Å². The Balaban J connectivity index is 1.90. The molecule has 0 N–H and O–H groups in total. The highest BCUT2D eigenvalue weighted by Gasteiger charge is 2.12. The van der Waals surface area contributed by atoms with E-state index < -0.39 is 0 Å². The maximum absolute atomic E-state index is 3.87. The number of rotatable bonds is 4. The number of allylic oxidation sites excluding steroid dienone is 2. The van der Waals surface area contributed by atoms with Gasteiger partial charge < -0.3 is 4.90 Å². The minimum absolute atomic E-state index is 1.19. The van der Waals surface area contributed by atoms with Gasteiger partial charge in [-0.15, -0.1) is 0 Å². The molecule has 0 amide bonds. The van der Waals surface area contributed by atoms with Gasteiger partial charge in [0.1, 0.15) is 0 Å². The Morgan fingerprint density at radius 2 is 1.45 bits per heavy atom. The molecule has 0 radical (unpaired) electrons. The average molecular weight is 289 g/mol. The third kappa shape index (κ3) is 3.14. The fraction of sp³-hybridized carbons (Fsp3) is 0.238. The van der Waals surface area contributed by atoms with Crippen molar-refractivity contribution in [2.45, 2.75) is 19.8 Å². The van der Waals surface area contributed by atoms with Crippen LogP contribution in [0.2, 0.25) is 0 Å². The van der Waals surface area contributed by atoms with Crippen LogP contribution in [0.4, 0.5) is 5.69 Å². The predicted octanol–water partition coefficient (Wildman–Crippen LogP) is 5.21. The Bertz CT molecular complexity index is 656. The number of aryl methyl sites for hydroxylation is 1. The summed E-state index contributed by atoms with van der Waals surface area (Å²) < 4.78 is 0. The van der Waals surface area contributed by atoms with E-state index in [0.717, 1.165) is 0 Å². The van der Waals surface area contributed by atoms with E-state index in [4.69, 9.17) is 0 Å². The molecule has 22 heavy (non-hydrogen) atoms. The number of hydrogen-bond donors (Lipinski definition) is 0. The van der Waals surface area contributed by atoms with E-state index >= 15 is 0 Å². The summed E-state index contributed by atoms with van der Waals surface area (Å²) >= 11 is 0. The second-order valence-electron chi connectivity index (χ2n) is 5.92. The van der Waals surface area contributed by atoms with Crippen LogP contribution < -0.4 is 4.90 Å². The highest BCUT2D eigenvalue weighted by atomic mass is 15.1. The molecule has 1 saturated heterocycles. The number of benzene rings is 2. The molecule has 2 aromatic rings. The predicted molar refractivity (Wildman–Crippen MR) is 96.3 cm³/mol. The lowest BCUT2D eigenvalue weighted by atomic mass is 9.96. The molecule has 0 aromatic heterocycles. The van der Waals surface area contributed by atoms with Gasteiger partial charge in [-0.1, -0.05) is 60.7 Å². The summed E-state index contributed by atoms with van der Waals surface area (Å²) in [5.41, 5.74) is 6.32. The van der Waals surface area contributed by atoms with Crippen LogP contribution in [-0.4, -0.2) is 13.1 Å². The van der Waals surface area contributed by atoms with Gasteiger partial charge in [-0.3, -0.25) is 0 Å². The van der Waals surface area contributed by atoms with Gasteiger partial charge in [-0.2, -0.15) is 0 Å². The first kappa shape index (κ1) is 14.6. The minimum Gasteiger partial charge on any atom is -0.372 e. The van der Waals surface area contributed by atoms with E-state index in [0.29, 0.717) is 0 Å². The van der Waals surface area contributed by atoms with Crippen molar-refractivity contribution in [1.29, 1.82) is 0 Å². The molecular formula is C21H23N. The van der Waals surface area contributed by atoms with Gasteiger partial charge in [0.15, 0.2) is 0 Å². The second-order valence-corrected chi connectivity index (χ2v) is 5.92. The van der Waals surface area contributed by atoms with E-state index in [1.54, 1.807) is 0 Å². The molecule has 1 heteroatoms. The van der Waals surface area contributed by atoms with E-state index in [-0.39, 0.29) is 0 Å². The quantitative estimate of drug-likeness (QED) is 0.698. The summed E-state index contributed by atoms with van der Waals surface area (Å²) in [6.07, 6.45) is 6.58. The number of nitrogens with zero attached hydrogens (tertiary/aromatic N) is 1. The van der Waals surface area contributed by atoms with Crippen molar-refractivity contribution in [3.8, 4) is 0 Å². The van der Waals surface area contributed by atoms with Crippen molar-refractivity contribution < 1.29 is 0 Å². The highest BCUT2D eigenvalue weighted by Crippen LogP contribution is 2.27. The molecule has 1 aliphatic heterocycles. The van der Waals surface area contributed by atoms with Gasteiger partial charge in [0.25, 0.3) is 0 Å². The maximum atomic E-state index is 3.87. The molecule has 0 aliphatic carbocycles. The molecule has 1 heterocycles. The van der Waals surface area contributed by atoms with Crippen LogP contribution in [0.5, 0.6) is 0 Å². The summed E-state index contributed by atoms with van der Waals surface area (Å²) in [7, 11) is 0. The van der Waals surface area contributed by atoms with Crippen LogP contribution in [0.1, 0.15) is 29.5 Å². The molecule has 3 rings (SSSR count). The molecule has 0 unspecified atom stereocenters. The topological polar surface area (TPSA) is 3.24 Å². The van der Waals surface area contributed by atoms with E-state index in [1.807, 2.05) is 6.08 Å². The summed E-state index contributed by atoms with van der Waals surface area (Å²) in [5, 5.41) is 0. The lowest BCUT2D eigenvalue weighted by molar-refractivity contribution is 0.949. The van der Waals surface area contributed by atoms with Crippen molar-refractivity contribution in [3.63, 3.8) is 0 Å². The third-order valence-electron chi connectivity index (χ3n) is 4.30. The van der Waals surface area contributed by atoms with E-state index in [9.17, 15) is 0 Å². The Morgan fingerprint density at radius 3 is 2.00 bits per heavy atom. The molecule has 2 aromatic carbocycles. The summed E-state index contributed by atoms with van der Waals surface area (Å²) in [4.78, 5) is 2.46. The van der Waals surface area contributed by atoms with Crippen molar-refractivity contribution in [2.24, 2.45) is 0 Å². The van der Waals surface area contributed by atoms with Gasteiger partial charge in [0.05, 0.1) is 0 Å².